The molecule has 0 atom stereocenters. The molecule has 1 aliphatic heterocycles. The van der Waals surface area contributed by atoms with Gasteiger partial charge in [0.15, 0.2) is 0 Å². The molecule has 3 nitrogen and oxygen atoms in total. The molecule has 0 bridgehead atoms. The van der Waals surface area contributed by atoms with E-state index in [1.165, 1.54) is 11.3 Å². The lowest BCUT2D eigenvalue weighted by Gasteiger charge is -2.07. The van der Waals surface area contributed by atoms with Crippen LogP contribution in [-0.2, 0) is 17.6 Å². The van der Waals surface area contributed by atoms with Gasteiger partial charge in [-0.25, -0.2) is 0 Å². The molecule has 1 aliphatic rings. The summed E-state index contributed by atoms with van der Waals surface area (Å²) in [5.74, 6) is 0.0122. The number of nitrogens with one attached hydrogen (secondary N) is 2. The quantitative estimate of drug-likeness (QED) is 0.902. The van der Waals surface area contributed by atoms with Gasteiger partial charge in [-0.2, -0.15) is 0 Å². The highest BCUT2D eigenvalue weighted by Crippen LogP contribution is 2.25. The number of halogens is 1. The van der Waals surface area contributed by atoms with Gasteiger partial charge in [0.2, 0.25) is 5.91 Å². The van der Waals surface area contributed by atoms with Gasteiger partial charge in [-0.15, -0.1) is 0 Å². The number of hydrogen-bond donors (Lipinski definition) is 2. The molecule has 20 heavy (non-hydrogen) atoms. The van der Waals surface area contributed by atoms with Gasteiger partial charge < -0.3 is 10.6 Å². The lowest BCUT2D eigenvalue weighted by Crippen LogP contribution is -2.14. The molecule has 2 N–H and O–H groups in total. The standard InChI is InChI=1S/C16H15BrN2O/c17-13-3-1-11(2-4-13)9-16(20)19-14-5-6-15-12(10-14)7-8-18-15/h1-6,10,18H,7-9H2,(H,19,20). The van der Waals surface area contributed by atoms with Crippen LogP contribution in [-0.4, -0.2) is 12.5 Å². The summed E-state index contributed by atoms with van der Waals surface area (Å²) < 4.78 is 1.02. The molecular formula is C16H15BrN2O. The summed E-state index contributed by atoms with van der Waals surface area (Å²) in [6, 6.07) is 13.8. The van der Waals surface area contributed by atoms with Crippen molar-refractivity contribution in [3.63, 3.8) is 0 Å². The Labute approximate surface area is 126 Å². The van der Waals surface area contributed by atoms with Crippen molar-refractivity contribution in [3.05, 3.63) is 58.1 Å². The molecule has 0 aromatic heterocycles. The van der Waals surface area contributed by atoms with Gasteiger partial charge >= 0.3 is 0 Å². The van der Waals surface area contributed by atoms with Gasteiger partial charge in [-0.1, -0.05) is 28.1 Å². The molecule has 3 rings (SSSR count). The van der Waals surface area contributed by atoms with Crippen LogP contribution in [0.3, 0.4) is 0 Å². The summed E-state index contributed by atoms with van der Waals surface area (Å²) in [7, 11) is 0. The molecular weight excluding hydrogens is 316 g/mol. The van der Waals surface area contributed by atoms with Gasteiger partial charge in [0.25, 0.3) is 0 Å². The number of rotatable bonds is 3. The molecule has 2 aromatic rings. The number of amides is 1. The average Bonchev–Trinajstić information content (AvgIpc) is 2.89. The molecule has 0 radical (unpaired) electrons. The van der Waals surface area contributed by atoms with Crippen LogP contribution in [0.5, 0.6) is 0 Å². The number of fused-ring (bicyclic) bond motifs is 1. The predicted molar refractivity (Wildman–Crippen MR) is 85.1 cm³/mol. The number of carbonyl (C=O) groups is 1. The van der Waals surface area contributed by atoms with Crippen LogP contribution in [0, 0.1) is 0 Å². The topological polar surface area (TPSA) is 41.1 Å². The molecule has 1 amide bonds. The van der Waals surface area contributed by atoms with Crippen molar-refractivity contribution < 1.29 is 4.79 Å². The predicted octanol–water partition coefficient (Wildman–Crippen LogP) is 3.60. The highest BCUT2D eigenvalue weighted by atomic mass is 79.9. The smallest absolute Gasteiger partial charge is 0.228 e. The molecule has 4 heteroatoms. The second-order valence-corrected chi connectivity index (χ2v) is 5.82. The molecule has 2 aromatic carbocycles. The molecule has 1 heterocycles. The Morgan fingerprint density at radius 3 is 2.80 bits per heavy atom. The van der Waals surface area contributed by atoms with Crippen LogP contribution in [0.2, 0.25) is 0 Å². The van der Waals surface area contributed by atoms with Crippen LogP contribution < -0.4 is 10.6 Å². The fraction of sp³-hybridized carbons (Fsp3) is 0.188. The van der Waals surface area contributed by atoms with E-state index in [1.54, 1.807) is 0 Å². The zero-order chi connectivity index (χ0) is 13.9. The maximum Gasteiger partial charge on any atom is 0.228 e. The second kappa shape index (κ2) is 5.67. The zero-order valence-electron chi connectivity index (χ0n) is 10.9. The van der Waals surface area contributed by atoms with E-state index in [0.29, 0.717) is 6.42 Å². The van der Waals surface area contributed by atoms with Gasteiger partial charge in [0.05, 0.1) is 6.42 Å². The van der Waals surface area contributed by atoms with E-state index in [-0.39, 0.29) is 5.91 Å². The summed E-state index contributed by atoms with van der Waals surface area (Å²) in [4.78, 5) is 12.0. The maximum atomic E-state index is 12.0. The van der Waals surface area contributed by atoms with Crippen molar-refractivity contribution in [2.45, 2.75) is 12.8 Å². The number of carbonyl (C=O) groups excluding carboxylic acids is 1. The van der Waals surface area contributed by atoms with Crippen LogP contribution in [0.25, 0.3) is 0 Å². The molecule has 0 fully saturated rings. The third-order valence-electron chi connectivity index (χ3n) is 3.38. The SMILES string of the molecule is O=C(Cc1ccc(Br)cc1)Nc1ccc2c(c1)CCN2. The highest BCUT2D eigenvalue weighted by Gasteiger charge is 2.11. The molecule has 0 spiro atoms. The van der Waals surface area contributed by atoms with Crippen molar-refractivity contribution in [1.29, 1.82) is 0 Å². The minimum atomic E-state index is 0.0122. The number of hydrogen-bond acceptors (Lipinski definition) is 2. The van der Waals surface area contributed by atoms with Gasteiger partial charge in [0.1, 0.15) is 0 Å². The van der Waals surface area contributed by atoms with E-state index in [4.69, 9.17) is 0 Å². The van der Waals surface area contributed by atoms with E-state index >= 15 is 0 Å². The van der Waals surface area contributed by atoms with E-state index in [1.807, 2.05) is 36.4 Å². The first-order valence-corrected chi connectivity index (χ1v) is 7.41. The van der Waals surface area contributed by atoms with Crippen molar-refractivity contribution in [2.75, 3.05) is 17.2 Å². The molecule has 102 valence electrons. The van der Waals surface area contributed by atoms with Crippen LogP contribution >= 0.6 is 15.9 Å². The molecule has 0 saturated heterocycles. The average molecular weight is 331 g/mol. The minimum absolute atomic E-state index is 0.0122. The summed E-state index contributed by atoms with van der Waals surface area (Å²) in [5.41, 5.74) is 4.32. The van der Waals surface area contributed by atoms with Crippen molar-refractivity contribution in [1.82, 2.24) is 0 Å². The Morgan fingerprint density at radius 2 is 2.00 bits per heavy atom. The summed E-state index contributed by atoms with van der Waals surface area (Å²) >= 11 is 3.39. The lowest BCUT2D eigenvalue weighted by atomic mass is 10.1. The van der Waals surface area contributed by atoms with Gasteiger partial charge in [-0.3, -0.25) is 4.79 Å². The first kappa shape index (κ1) is 13.2. The minimum Gasteiger partial charge on any atom is -0.384 e. The van der Waals surface area contributed by atoms with Crippen LogP contribution in [0.1, 0.15) is 11.1 Å². The third-order valence-corrected chi connectivity index (χ3v) is 3.91. The molecule has 0 unspecified atom stereocenters. The second-order valence-electron chi connectivity index (χ2n) is 4.90. The Hall–Kier alpha value is -1.81. The highest BCUT2D eigenvalue weighted by molar-refractivity contribution is 9.10. The number of benzene rings is 2. The summed E-state index contributed by atoms with van der Waals surface area (Å²) in [5, 5.41) is 6.26. The van der Waals surface area contributed by atoms with E-state index in [2.05, 4.69) is 32.6 Å². The van der Waals surface area contributed by atoms with Crippen LogP contribution in [0.15, 0.2) is 46.9 Å². The summed E-state index contributed by atoms with van der Waals surface area (Å²) in [6.45, 7) is 0.978. The largest absolute Gasteiger partial charge is 0.384 e. The normalized spacial score (nSPS) is 12.7. The Balaban J connectivity index is 1.65. The van der Waals surface area contributed by atoms with E-state index in [9.17, 15) is 4.79 Å². The fourth-order valence-electron chi connectivity index (χ4n) is 2.38. The van der Waals surface area contributed by atoms with E-state index < -0.39 is 0 Å². The van der Waals surface area contributed by atoms with Crippen molar-refractivity contribution in [2.24, 2.45) is 0 Å². The van der Waals surface area contributed by atoms with Gasteiger partial charge in [-0.05, 0) is 47.9 Å². The van der Waals surface area contributed by atoms with Crippen molar-refractivity contribution >= 4 is 33.2 Å². The monoisotopic (exact) mass is 330 g/mol. The fourth-order valence-corrected chi connectivity index (χ4v) is 2.64. The van der Waals surface area contributed by atoms with Crippen LogP contribution in [0.4, 0.5) is 11.4 Å². The Bertz CT molecular complexity index is 637. The first-order chi connectivity index (χ1) is 9.70. The molecule has 0 aliphatic carbocycles. The number of anilines is 2. The lowest BCUT2D eigenvalue weighted by molar-refractivity contribution is -0.115. The first-order valence-electron chi connectivity index (χ1n) is 6.62. The summed E-state index contributed by atoms with van der Waals surface area (Å²) in [6.07, 6.45) is 1.41. The Kier molecular flexibility index (Phi) is 3.74. The third kappa shape index (κ3) is 3.02. The van der Waals surface area contributed by atoms with Gasteiger partial charge in [0, 0.05) is 22.4 Å². The Morgan fingerprint density at radius 1 is 1.20 bits per heavy atom. The van der Waals surface area contributed by atoms with Crippen molar-refractivity contribution in [3.8, 4) is 0 Å². The maximum absolute atomic E-state index is 12.0. The zero-order valence-corrected chi connectivity index (χ0v) is 12.5. The van der Waals surface area contributed by atoms with E-state index in [0.717, 1.165) is 28.7 Å². The molecule has 0 saturated carbocycles.